The SMILES string of the molecule is CCc1ccc2c(c1)cc(C1CCCCCC1)[s+]2C(F)(F)F.O=S(=O)([O-])C(F)(F)F. The van der Waals surface area contributed by atoms with Crippen molar-refractivity contribution in [2.45, 2.75) is 68.8 Å². The highest BCUT2D eigenvalue weighted by Crippen LogP contribution is 2.54. The Morgan fingerprint density at radius 3 is 1.97 bits per heavy atom. The van der Waals surface area contributed by atoms with Crippen LogP contribution < -0.4 is 0 Å². The van der Waals surface area contributed by atoms with E-state index in [1.807, 2.05) is 25.1 Å². The molecule has 1 atom stereocenters. The molecule has 0 radical (unpaired) electrons. The minimum atomic E-state index is -6.09. The fourth-order valence-corrected chi connectivity index (χ4v) is 5.70. The van der Waals surface area contributed by atoms with Crippen molar-refractivity contribution in [3.8, 4) is 0 Å². The lowest BCUT2D eigenvalue weighted by Gasteiger charge is -2.10. The van der Waals surface area contributed by atoms with Gasteiger partial charge in [0.15, 0.2) is 19.7 Å². The summed E-state index contributed by atoms with van der Waals surface area (Å²) in [4.78, 5) is 0.651. The second kappa shape index (κ2) is 9.44. The molecule has 0 amide bonds. The van der Waals surface area contributed by atoms with Gasteiger partial charge in [-0.05, 0) is 37.0 Å². The van der Waals surface area contributed by atoms with E-state index in [1.165, 1.54) is 0 Å². The summed E-state index contributed by atoms with van der Waals surface area (Å²) < 4.78 is 100. The van der Waals surface area contributed by atoms with Gasteiger partial charge in [0.2, 0.25) is 0 Å². The third kappa shape index (κ3) is 6.10. The number of rotatable bonds is 2. The van der Waals surface area contributed by atoms with Gasteiger partial charge in [-0.1, -0.05) is 38.7 Å². The monoisotopic (exact) mass is 476 g/mol. The van der Waals surface area contributed by atoms with Crippen molar-refractivity contribution in [1.29, 1.82) is 0 Å². The van der Waals surface area contributed by atoms with E-state index in [4.69, 9.17) is 13.0 Å². The number of halogens is 6. The Balaban J connectivity index is 0.000000343. The molecule has 3 rings (SSSR count). The zero-order valence-electron chi connectivity index (χ0n) is 16.1. The number of alkyl halides is 6. The Morgan fingerprint density at radius 2 is 1.53 bits per heavy atom. The van der Waals surface area contributed by atoms with Crippen molar-refractivity contribution in [2.24, 2.45) is 0 Å². The number of aryl methyl sites for hydroxylation is 1. The second-order valence-electron chi connectivity index (χ2n) is 7.11. The molecule has 170 valence electrons. The van der Waals surface area contributed by atoms with E-state index < -0.39 is 31.6 Å². The Labute approximate surface area is 173 Å². The summed E-state index contributed by atoms with van der Waals surface area (Å²) in [6.45, 7) is 2.04. The van der Waals surface area contributed by atoms with Crippen LogP contribution in [0.4, 0.5) is 26.3 Å². The third-order valence-electron chi connectivity index (χ3n) is 5.01. The maximum atomic E-state index is 13.7. The van der Waals surface area contributed by atoms with Crippen LogP contribution in [0.3, 0.4) is 0 Å². The molecule has 1 aromatic heterocycles. The van der Waals surface area contributed by atoms with Crippen molar-refractivity contribution in [3.05, 3.63) is 34.7 Å². The number of thiophene rings is 1. The van der Waals surface area contributed by atoms with Crippen molar-refractivity contribution >= 4 is 30.7 Å². The molecule has 0 aliphatic heterocycles. The van der Waals surface area contributed by atoms with E-state index in [-0.39, 0.29) is 5.92 Å². The van der Waals surface area contributed by atoms with E-state index >= 15 is 0 Å². The van der Waals surface area contributed by atoms with Gasteiger partial charge in [0.1, 0.15) is 0 Å². The minimum absolute atomic E-state index is 0.116. The fourth-order valence-electron chi connectivity index (χ4n) is 3.56. The summed E-state index contributed by atoms with van der Waals surface area (Å²) in [5.41, 5.74) is -8.69. The van der Waals surface area contributed by atoms with Gasteiger partial charge in [-0.3, -0.25) is 0 Å². The Bertz CT molecular complexity index is 953. The van der Waals surface area contributed by atoms with Gasteiger partial charge >= 0.3 is 11.0 Å². The molecular formula is C19H22F6O3S2. The van der Waals surface area contributed by atoms with E-state index in [0.29, 0.717) is 9.58 Å². The van der Waals surface area contributed by atoms with Crippen molar-refractivity contribution in [1.82, 2.24) is 0 Å². The molecule has 0 spiro atoms. The first-order valence-corrected chi connectivity index (χ1v) is 12.1. The van der Waals surface area contributed by atoms with Crippen LogP contribution in [0.5, 0.6) is 0 Å². The summed E-state index contributed by atoms with van der Waals surface area (Å²) in [7, 11) is -7.80. The largest absolute Gasteiger partial charge is 0.741 e. The molecule has 1 aliphatic rings. The zero-order valence-corrected chi connectivity index (χ0v) is 17.8. The lowest BCUT2D eigenvalue weighted by atomic mass is 9.98. The molecule has 2 aromatic rings. The average molecular weight is 477 g/mol. The summed E-state index contributed by atoms with van der Waals surface area (Å²) >= 11 is 0. The highest BCUT2D eigenvalue weighted by atomic mass is 32.2. The maximum absolute atomic E-state index is 13.7. The summed E-state index contributed by atoms with van der Waals surface area (Å²) in [5.74, 6) is 0.116. The van der Waals surface area contributed by atoms with Crippen LogP contribution in [0.1, 0.15) is 61.8 Å². The first-order valence-electron chi connectivity index (χ1n) is 9.43. The zero-order chi connectivity index (χ0) is 22.7. The highest BCUT2D eigenvalue weighted by molar-refractivity contribution is 7.86. The third-order valence-corrected chi connectivity index (χ3v) is 7.77. The van der Waals surface area contributed by atoms with Crippen LogP contribution in [0.25, 0.3) is 10.1 Å². The van der Waals surface area contributed by atoms with Gasteiger partial charge in [-0.2, -0.15) is 13.2 Å². The maximum Gasteiger partial charge on any atom is 0.600 e. The first-order chi connectivity index (χ1) is 13.8. The summed E-state index contributed by atoms with van der Waals surface area (Å²) in [6.07, 6.45) is 7.15. The molecule has 0 bridgehead atoms. The van der Waals surface area contributed by atoms with Crippen LogP contribution >= 0.6 is 10.5 Å². The molecule has 1 unspecified atom stereocenters. The van der Waals surface area contributed by atoms with Crippen molar-refractivity contribution in [2.75, 3.05) is 0 Å². The standard InChI is InChI=1S/C18H22F3S.CHF3O3S/c1-2-13-9-10-16-15(11-13)12-17(22(16)18(19,20)21)14-7-5-3-4-6-8-14;2-1(3,4)8(5,6)7/h9-12,14H,2-8H2,1H3;(H,5,6,7)/q+1;/p-1. The quantitative estimate of drug-likeness (QED) is 0.152. The predicted octanol–water partition coefficient (Wildman–Crippen LogP) is 7.12. The van der Waals surface area contributed by atoms with Crippen LogP contribution in [-0.2, 0) is 22.0 Å². The Hall–Kier alpha value is -1.33. The summed E-state index contributed by atoms with van der Waals surface area (Å²) in [5, 5.41) is 0.805. The van der Waals surface area contributed by atoms with Gasteiger partial charge in [0.25, 0.3) is 0 Å². The number of fused-ring (bicyclic) bond motifs is 1. The van der Waals surface area contributed by atoms with Gasteiger partial charge in [0, 0.05) is 17.4 Å². The average Bonchev–Trinajstić information content (AvgIpc) is 2.80. The molecule has 1 saturated carbocycles. The second-order valence-corrected chi connectivity index (χ2v) is 10.5. The smallest absolute Gasteiger partial charge is 0.600 e. The molecule has 1 heterocycles. The first kappa shape index (κ1) is 24.9. The van der Waals surface area contributed by atoms with Gasteiger partial charge in [-0.15, -0.1) is 13.2 Å². The fraction of sp³-hybridized carbons (Fsp3) is 0.579. The molecule has 1 fully saturated rings. The van der Waals surface area contributed by atoms with Gasteiger partial charge < -0.3 is 4.55 Å². The molecule has 1 aromatic carbocycles. The van der Waals surface area contributed by atoms with Gasteiger partial charge in [-0.25, -0.2) is 8.42 Å². The van der Waals surface area contributed by atoms with Gasteiger partial charge in [0.05, 0.1) is 10.5 Å². The molecule has 0 N–H and O–H groups in total. The lowest BCUT2D eigenvalue weighted by Crippen LogP contribution is -2.21. The van der Waals surface area contributed by atoms with Crippen molar-refractivity contribution < 1.29 is 39.3 Å². The molecule has 11 heteroatoms. The molecule has 3 nitrogen and oxygen atoms in total. The molecule has 30 heavy (non-hydrogen) atoms. The topological polar surface area (TPSA) is 57.2 Å². The van der Waals surface area contributed by atoms with Crippen molar-refractivity contribution in [3.63, 3.8) is 0 Å². The van der Waals surface area contributed by atoms with Crippen LogP contribution in [0.15, 0.2) is 24.3 Å². The number of hydrogen-bond donors (Lipinski definition) is 0. The van der Waals surface area contributed by atoms with Crippen LogP contribution in [0.2, 0.25) is 0 Å². The molecular weight excluding hydrogens is 454 g/mol. The molecule has 0 saturated heterocycles. The van der Waals surface area contributed by atoms with Crippen LogP contribution in [-0.4, -0.2) is 18.5 Å². The number of benzene rings is 1. The lowest BCUT2D eigenvalue weighted by molar-refractivity contribution is -0.0868. The Morgan fingerprint density at radius 1 is 1.00 bits per heavy atom. The van der Waals surface area contributed by atoms with E-state index in [0.717, 1.165) is 55.9 Å². The predicted molar refractivity (Wildman–Crippen MR) is 103 cm³/mol. The van der Waals surface area contributed by atoms with E-state index in [1.54, 1.807) is 6.07 Å². The Kier molecular flexibility index (Phi) is 7.84. The highest BCUT2D eigenvalue weighted by Gasteiger charge is 2.49. The minimum Gasteiger partial charge on any atom is -0.741 e. The number of hydrogen-bond acceptors (Lipinski definition) is 3. The van der Waals surface area contributed by atoms with E-state index in [2.05, 4.69) is 0 Å². The summed E-state index contributed by atoms with van der Waals surface area (Å²) in [6, 6.07) is 7.38. The van der Waals surface area contributed by atoms with E-state index in [9.17, 15) is 26.3 Å². The normalized spacial score (nSPS) is 17.4. The van der Waals surface area contributed by atoms with Crippen LogP contribution in [0, 0.1) is 0 Å². The molecule has 1 aliphatic carbocycles.